The van der Waals surface area contributed by atoms with E-state index >= 15 is 0 Å². The molecule has 0 aliphatic carbocycles. The van der Waals surface area contributed by atoms with E-state index in [-0.39, 0.29) is 0 Å². The molecule has 0 N–H and O–H groups in total. The van der Waals surface area contributed by atoms with Gasteiger partial charge in [-0.3, -0.25) is 0 Å². The summed E-state index contributed by atoms with van der Waals surface area (Å²) in [6, 6.07) is 26.4. The van der Waals surface area contributed by atoms with E-state index in [4.69, 9.17) is 34.1 Å². The van der Waals surface area contributed by atoms with Crippen LogP contribution in [0, 0.1) is 0 Å². The van der Waals surface area contributed by atoms with Gasteiger partial charge in [0, 0.05) is 22.4 Å². The summed E-state index contributed by atoms with van der Waals surface area (Å²) in [6.07, 6.45) is 2.33. The van der Waals surface area contributed by atoms with Gasteiger partial charge < -0.3 is 8.97 Å². The molecule has 4 aromatic carbocycles. The number of likely N-dealkylation sites (N-methyl/N-ethyl adjacent to an activating group) is 2. The first kappa shape index (κ1) is 35.9. The average molecular weight is 694 g/mol. The van der Waals surface area contributed by atoms with Crippen LogP contribution in [0.4, 0.5) is 0 Å². The van der Waals surface area contributed by atoms with Crippen LogP contribution in [0.25, 0.3) is 21.5 Å². The number of rotatable bonds is 6. The number of hydrogen-bond acceptors (Lipinski definition) is 0. The molecule has 0 aromatic heterocycles. The Morgan fingerprint density at radius 1 is 0.632 bits per heavy atom. The van der Waals surface area contributed by atoms with E-state index in [2.05, 4.69) is 128 Å². The summed E-state index contributed by atoms with van der Waals surface area (Å²) >= 11 is -3.29. The second-order valence-corrected chi connectivity index (χ2v) is 34.8. The van der Waals surface area contributed by atoms with E-state index in [0.29, 0.717) is 0 Å². The van der Waals surface area contributed by atoms with Crippen molar-refractivity contribution in [3.8, 4) is 0 Å². The third-order valence-corrected chi connectivity index (χ3v) is 5.50. The van der Waals surface area contributed by atoms with E-state index < -0.39 is 15.5 Å². The molecule has 0 saturated carbocycles. The number of halogens is 4. The van der Waals surface area contributed by atoms with Gasteiger partial charge in [-0.1, -0.05) is 25.2 Å². The number of fused-ring (bicyclic) bond motifs is 2. The van der Waals surface area contributed by atoms with Crippen LogP contribution in [0.15, 0.2) is 72.8 Å². The number of quaternary nitrogens is 2. The van der Waals surface area contributed by atoms with Crippen molar-refractivity contribution in [2.45, 2.75) is 25.9 Å². The summed E-state index contributed by atoms with van der Waals surface area (Å²) in [7, 11) is 34.7. The molecule has 0 unspecified atom stereocenters. The molecule has 0 atom stereocenters. The average Bonchev–Trinajstić information content (AvgIpc) is 3.39. The van der Waals surface area contributed by atoms with Gasteiger partial charge in [0.15, 0.2) is 0 Å². The van der Waals surface area contributed by atoms with Gasteiger partial charge in [-0.25, -0.2) is 0 Å². The van der Waals surface area contributed by atoms with Crippen LogP contribution in [0.5, 0.6) is 0 Å². The van der Waals surface area contributed by atoms with Crippen molar-refractivity contribution in [3.05, 3.63) is 83.9 Å². The van der Waals surface area contributed by atoms with E-state index in [0.717, 1.165) is 31.3 Å². The number of nitrogens with zero attached hydrogens (tertiary/aromatic N) is 2. The Hall–Kier alpha value is -0.160. The summed E-state index contributed by atoms with van der Waals surface area (Å²) in [5, 5.41) is 5.48. The van der Waals surface area contributed by atoms with Gasteiger partial charge in [0.05, 0.1) is 55.4 Å². The Bertz CT molecular complexity index is 1040. The Kier molecular flexibility index (Phi) is 16.0. The molecule has 2 nitrogen and oxygen atoms in total. The van der Waals surface area contributed by atoms with Gasteiger partial charge >= 0.3 is 49.5 Å². The number of benzene rings is 2. The molecule has 0 fully saturated rings. The fraction of sp³-hybridized carbons (Fsp3) is 0.400. The quantitative estimate of drug-likeness (QED) is 0.107. The van der Waals surface area contributed by atoms with Crippen molar-refractivity contribution < 1.29 is 24.5 Å². The van der Waals surface area contributed by atoms with Crippen LogP contribution in [0.2, 0.25) is 13.1 Å². The first-order valence-electron chi connectivity index (χ1n) is 12.7. The molecule has 8 heteroatoms. The number of hydrogen-bond donors (Lipinski definition) is 0. The van der Waals surface area contributed by atoms with Crippen LogP contribution < -0.4 is 0 Å². The van der Waals surface area contributed by atoms with E-state index in [9.17, 15) is 0 Å². The molecule has 38 heavy (non-hydrogen) atoms. The molecule has 0 bridgehead atoms. The fourth-order valence-corrected chi connectivity index (χ4v) is 3.65. The van der Waals surface area contributed by atoms with Crippen molar-refractivity contribution in [2.24, 2.45) is 0 Å². The van der Waals surface area contributed by atoms with Crippen molar-refractivity contribution in [2.75, 3.05) is 55.4 Å². The van der Waals surface area contributed by atoms with Crippen LogP contribution >= 0.6 is 34.1 Å². The van der Waals surface area contributed by atoms with Gasteiger partial charge in [0.25, 0.3) is 0 Å². The predicted molar refractivity (Wildman–Crippen MR) is 173 cm³/mol. The zero-order valence-corrected chi connectivity index (χ0v) is 30.6. The minimum absolute atomic E-state index is 1.03. The molecular formula is C30H44Cl4N2SiZr. The first-order valence-corrected chi connectivity index (χ1v) is 27.4. The summed E-state index contributed by atoms with van der Waals surface area (Å²) in [4.78, 5) is 0. The van der Waals surface area contributed by atoms with Gasteiger partial charge in [-0.2, -0.15) is 12.1 Å². The molecule has 210 valence electrons. The topological polar surface area (TPSA) is 0 Å². The Morgan fingerprint density at radius 2 is 0.921 bits per heavy atom. The summed E-state index contributed by atoms with van der Waals surface area (Å²) in [5.74, 6) is 0. The molecular weight excluding hydrogens is 649 g/mol. The molecule has 0 spiro atoms. The molecule has 4 aromatic rings. The van der Waals surface area contributed by atoms with Crippen LogP contribution in [0.3, 0.4) is 0 Å². The summed E-state index contributed by atoms with van der Waals surface area (Å²) in [5.41, 5.74) is 2.92. The molecule has 4 rings (SSSR count). The van der Waals surface area contributed by atoms with Gasteiger partial charge in [-0.05, 0) is 0 Å². The Balaban J connectivity index is 0.000000298. The normalized spacial score (nSPS) is 11.7. The predicted octanol–water partition coefficient (Wildman–Crippen LogP) is 9.16. The van der Waals surface area contributed by atoms with Gasteiger partial charge in [0.2, 0.25) is 0 Å². The third-order valence-electron chi connectivity index (χ3n) is 5.50. The van der Waals surface area contributed by atoms with Gasteiger partial charge in [0.1, 0.15) is 0 Å². The van der Waals surface area contributed by atoms with Crippen molar-refractivity contribution in [1.29, 1.82) is 0 Å². The van der Waals surface area contributed by atoms with E-state index in [1.807, 2.05) is 0 Å². The molecule has 0 saturated heterocycles. The monoisotopic (exact) mass is 690 g/mol. The maximum absolute atomic E-state index is 5.04. The molecule has 0 aliphatic heterocycles. The van der Waals surface area contributed by atoms with Crippen LogP contribution in [-0.4, -0.2) is 73.9 Å². The maximum atomic E-state index is 5.04. The van der Waals surface area contributed by atoms with E-state index in [1.54, 1.807) is 0 Å². The molecule has 0 amide bonds. The van der Waals surface area contributed by atoms with Crippen molar-refractivity contribution in [3.63, 3.8) is 0 Å². The second-order valence-electron chi connectivity index (χ2n) is 11.4. The van der Waals surface area contributed by atoms with Crippen molar-refractivity contribution >= 4 is 65.1 Å². The standard InChI is InChI=1S/2C14H19N.C2H6Si.4ClH.Zr/c2*1-15(2,3)9-8-12-10-13-6-4-5-7-14(13)11-12;1-3-2;;;;;/h2*4-7,10-11H,8-9H2,1-3H3;1-2H3;4*1H;/q;;;;;;;+4/p-4. The fourth-order valence-electron chi connectivity index (χ4n) is 3.65. The zero-order chi connectivity index (χ0) is 29.0. The summed E-state index contributed by atoms with van der Waals surface area (Å²) in [6.45, 7) is 6.69. The molecule has 0 heterocycles. The zero-order valence-electron chi connectivity index (χ0n) is 24.2. The second kappa shape index (κ2) is 16.9. The minimum atomic E-state index is -3.29. The summed E-state index contributed by atoms with van der Waals surface area (Å²) < 4.78 is 2.06. The van der Waals surface area contributed by atoms with Gasteiger partial charge in [-0.15, -0.1) is 81.2 Å². The molecule has 0 aliphatic rings. The SMILES string of the molecule is C[N+](C)(C)CCc1cc2ccccc2[cH-]1.C[N+](C)(C)CCc1cc2ccccc2[cH-]1.C[Si]C.[Cl][Zr]([Cl])([Cl])[Cl]. The first-order chi connectivity index (χ1) is 17.5. The molecule has 2 radical (unpaired) electrons. The van der Waals surface area contributed by atoms with Crippen molar-refractivity contribution in [1.82, 2.24) is 0 Å². The third kappa shape index (κ3) is 17.5. The van der Waals surface area contributed by atoms with Crippen LogP contribution in [-0.2, 0) is 28.3 Å². The Labute approximate surface area is 252 Å². The van der Waals surface area contributed by atoms with E-state index in [1.165, 1.54) is 45.8 Å². The van der Waals surface area contributed by atoms with Crippen LogP contribution in [0.1, 0.15) is 11.1 Å². The Morgan fingerprint density at radius 3 is 1.18 bits per heavy atom.